The van der Waals surface area contributed by atoms with Gasteiger partial charge in [-0.2, -0.15) is 0 Å². The van der Waals surface area contributed by atoms with Crippen LogP contribution in [0.5, 0.6) is 5.75 Å². The van der Waals surface area contributed by atoms with Gasteiger partial charge in [-0.15, -0.1) is 11.3 Å². The Hall–Kier alpha value is -2.34. The minimum Gasteiger partial charge on any atom is -0.491 e. The highest BCUT2D eigenvalue weighted by Crippen LogP contribution is 2.44. The number of hydrogen-bond donors (Lipinski definition) is 1. The van der Waals surface area contributed by atoms with E-state index in [4.69, 9.17) is 9.47 Å². The highest BCUT2D eigenvalue weighted by atomic mass is 32.1. The molecule has 162 valence electrons. The van der Waals surface area contributed by atoms with Gasteiger partial charge < -0.3 is 14.8 Å². The van der Waals surface area contributed by atoms with E-state index in [0.29, 0.717) is 22.0 Å². The maximum atomic E-state index is 12.8. The molecule has 1 N–H and O–H groups in total. The predicted molar refractivity (Wildman–Crippen MR) is 121 cm³/mol. The van der Waals surface area contributed by atoms with Crippen LogP contribution in [-0.4, -0.2) is 25.1 Å². The van der Waals surface area contributed by atoms with Crippen molar-refractivity contribution in [2.75, 3.05) is 12.4 Å². The fraction of sp³-hybridized carbons (Fsp3) is 0.500. The molecule has 2 aromatic rings. The molecule has 30 heavy (non-hydrogen) atoms. The Kier molecular flexibility index (Phi) is 6.56. The summed E-state index contributed by atoms with van der Waals surface area (Å²) in [6.45, 7) is 10.7. The van der Waals surface area contributed by atoms with Crippen LogP contribution in [0.4, 0.5) is 5.00 Å². The largest absolute Gasteiger partial charge is 0.491 e. The van der Waals surface area contributed by atoms with Gasteiger partial charge in [0.05, 0.1) is 18.8 Å². The van der Waals surface area contributed by atoms with Crippen molar-refractivity contribution in [2.45, 2.75) is 60.0 Å². The third-order valence-electron chi connectivity index (χ3n) is 5.59. The Morgan fingerprint density at radius 1 is 1.17 bits per heavy atom. The summed E-state index contributed by atoms with van der Waals surface area (Å²) in [6, 6.07) is 7.02. The van der Waals surface area contributed by atoms with Crippen molar-refractivity contribution in [3.63, 3.8) is 0 Å². The Bertz CT molecular complexity index is 922. The van der Waals surface area contributed by atoms with Gasteiger partial charge in [0.1, 0.15) is 10.8 Å². The van der Waals surface area contributed by atoms with Crippen LogP contribution in [0.15, 0.2) is 24.3 Å². The van der Waals surface area contributed by atoms with E-state index < -0.39 is 5.97 Å². The summed E-state index contributed by atoms with van der Waals surface area (Å²) in [5.41, 5.74) is 2.26. The molecule has 5 nitrogen and oxygen atoms in total. The average Bonchev–Trinajstić information content (AvgIpc) is 3.03. The van der Waals surface area contributed by atoms with E-state index in [1.54, 1.807) is 24.3 Å². The number of methoxy groups -OCH3 is 1. The van der Waals surface area contributed by atoms with E-state index in [0.717, 1.165) is 30.6 Å². The van der Waals surface area contributed by atoms with E-state index in [1.807, 2.05) is 13.8 Å². The van der Waals surface area contributed by atoms with Crippen LogP contribution in [0, 0.1) is 11.3 Å². The zero-order valence-corrected chi connectivity index (χ0v) is 19.4. The molecule has 1 amide bonds. The first kappa shape index (κ1) is 22.3. The number of benzene rings is 1. The van der Waals surface area contributed by atoms with Crippen molar-refractivity contribution in [3.05, 3.63) is 45.8 Å². The average molecular weight is 430 g/mol. The molecule has 1 atom stereocenters. The fourth-order valence-electron chi connectivity index (χ4n) is 3.86. The second-order valence-electron chi connectivity index (χ2n) is 9.15. The molecule has 1 unspecified atom stereocenters. The number of ether oxygens (including phenoxy) is 2. The maximum Gasteiger partial charge on any atom is 0.341 e. The monoisotopic (exact) mass is 429 g/mol. The highest BCUT2D eigenvalue weighted by Gasteiger charge is 2.34. The number of fused-ring (bicyclic) bond motifs is 1. The summed E-state index contributed by atoms with van der Waals surface area (Å²) in [4.78, 5) is 26.6. The van der Waals surface area contributed by atoms with Crippen LogP contribution in [0.25, 0.3) is 0 Å². The van der Waals surface area contributed by atoms with E-state index in [2.05, 4.69) is 26.1 Å². The SMILES string of the molecule is COC(=O)c1c(NC(=O)c2ccc(OC(C)C)cc2)sc2c1CCC(C(C)(C)C)C2. The van der Waals surface area contributed by atoms with Crippen molar-refractivity contribution in [3.8, 4) is 5.75 Å². The second kappa shape index (κ2) is 8.80. The lowest BCUT2D eigenvalue weighted by molar-refractivity contribution is 0.0600. The Labute approximate surface area is 182 Å². The van der Waals surface area contributed by atoms with Crippen LogP contribution in [0.2, 0.25) is 0 Å². The minimum absolute atomic E-state index is 0.0710. The van der Waals surface area contributed by atoms with Crippen molar-refractivity contribution in [1.82, 2.24) is 0 Å². The quantitative estimate of drug-likeness (QED) is 0.617. The van der Waals surface area contributed by atoms with Crippen LogP contribution < -0.4 is 10.1 Å². The first-order valence-corrected chi connectivity index (χ1v) is 11.2. The molecular weight excluding hydrogens is 398 g/mol. The standard InChI is InChI=1S/C24H31NO4S/c1-14(2)29-17-10-7-15(8-11-17)21(26)25-22-20(23(27)28-6)18-12-9-16(24(3,4)5)13-19(18)30-22/h7-8,10-11,14,16H,9,12-13H2,1-6H3,(H,25,26). The van der Waals surface area contributed by atoms with Crippen molar-refractivity contribution < 1.29 is 19.1 Å². The molecule has 1 heterocycles. The van der Waals surface area contributed by atoms with Crippen LogP contribution in [0.3, 0.4) is 0 Å². The highest BCUT2D eigenvalue weighted by molar-refractivity contribution is 7.17. The van der Waals surface area contributed by atoms with E-state index >= 15 is 0 Å². The molecule has 3 rings (SSSR count). The lowest BCUT2D eigenvalue weighted by Crippen LogP contribution is -2.26. The number of carbonyl (C=O) groups excluding carboxylic acids is 2. The van der Waals surface area contributed by atoms with Gasteiger partial charge in [-0.1, -0.05) is 20.8 Å². The zero-order valence-electron chi connectivity index (χ0n) is 18.6. The summed E-state index contributed by atoms with van der Waals surface area (Å²) in [5.74, 6) is 0.628. The summed E-state index contributed by atoms with van der Waals surface area (Å²) < 4.78 is 10.7. The van der Waals surface area contributed by atoms with Gasteiger partial charge in [-0.25, -0.2) is 4.79 Å². The minimum atomic E-state index is -0.391. The van der Waals surface area contributed by atoms with Crippen molar-refractivity contribution >= 4 is 28.2 Å². The maximum absolute atomic E-state index is 12.8. The number of rotatable bonds is 5. The van der Waals surface area contributed by atoms with Crippen LogP contribution >= 0.6 is 11.3 Å². The molecule has 6 heteroatoms. The van der Waals surface area contributed by atoms with Crippen molar-refractivity contribution in [2.24, 2.45) is 11.3 Å². The lowest BCUT2D eigenvalue weighted by Gasteiger charge is -2.33. The van der Waals surface area contributed by atoms with Gasteiger partial charge in [0.15, 0.2) is 0 Å². The van der Waals surface area contributed by atoms with E-state index in [1.165, 1.54) is 23.3 Å². The Balaban J connectivity index is 1.86. The Morgan fingerprint density at radius 3 is 2.40 bits per heavy atom. The van der Waals surface area contributed by atoms with Crippen molar-refractivity contribution in [1.29, 1.82) is 0 Å². The van der Waals surface area contributed by atoms with Crippen LogP contribution in [0.1, 0.15) is 72.2 Å². The third-order valence-corrected chi connectivity index (χ3v) is 6.76. The summed E-state index contributed by atoms with van der Waals surface area (Å²) in [6.07, 6.45) is 2.85. The molecule has 1 aromatic carbocycles. The topological polar surface area (TPSA) is 64.6 Å². The molecule has 0 bridgehead atoms. The number of nitrogens with one attached hydrogen (secondary N) is 1. The Morgan fingerprint density at radius 2 is 1.83 bits per heavy atom. The molecule has 0 radical (unpaired) electrons. The number of amides is 1. The molecule has 1 aromatic heterocycles. The number of thiophene rings is 1. The molecular formula is C24H31NO4S. The molecule has 1 aliphatic carbocycles. The normalized spacial score (nSPS) is 16.2. The molecule has 0 saturated carbocycles. The van der Waals surface area contributed by atoms with Crippen LogP contribution in [-0.2, 0) is 17.6 Å². The molecule has 0 spiro atoms. The summed E-state index contributed by atoms with van der Waals surface area (Å²) >= 11 is 1.50. The molecule has 0 fully saturated rings. The van der Waals surface area contributed by atoms with E-state index in [9.17, 15) is 9.59 Å². The molecule has 0 aliphatic heterocycles. The molecule has 1 aliphatic rings. The third kappa shape index (κ3) is 4.86. The smallest absolute Gasteiger partial charge is 0.341 e. The second-order valence-corrected chi connectivity index (χ2v) is 10.3. The number of carbonyl (C=O) groups is 2. The number of anilines is 1. The van der Waals surface area contributed by atoms with Gasteiger partial charge >= 0.3 is 5.97 Å². The van der Waals surface area contributed by atoms with Gasteiger partial charge in [0.2, 0.25) is 0 Å². The zero-order chi connectivity index (χ0) is 22.1. The predicted octanol–water partition coefficient (Wildman–Crippen LogP) is 5.73. The fourth-order valence-corrected chi connectivity index (χ4v) is 5.17. The summed E-state index contributed by atoms with van der Waals surface area (Å²) in [7, 11) is 1.38. The lowest BCUT2D eigenvalue weighted by atomic mass is 9.72. The van der Waals surface area contributed by atoms with Gasteiger partial charge in [-0.05, 0) is 74.3 Å². The van der Waals surface area contributed by atoms with Gasteiger partial charge in [-0.3, -0.25) is 4.79 Å². The summed E-state index contributed by atoms with van der Waals surface area (Å²) in [5, 5.41) is 3.53. The van der Waals surface area contributed by atoms with E-state index in [-0.39, 0.29) is 17.4 Å². The number of esters is 1. The first-order valence-electron chi connectivity index (χ1n) is 10.4. The number of hydrogen-bond acceptors (Lipinski definition) is 5. The van der Waals surface area contributed by atoms with Gasteiger partial charge in [0.25, 0.3) is 5.91 Å². The first-order chi connectivity index (χ1) is 14.1. The molecule has 0 saturated heterocycles. The van der Waals surface area contributed by atoms with Gasteiger partial charge in [0, 0.05) is 10.4 Å².